The van der Waals surface area contributed by atoms with Crippen LogP contribution in [0, 0.1) is 0 Å². The fourth-order valence-corrected chi connectivity index (χ4v) is 2.02. The van der Waals surface area contributed by atoms with Gasteiger partial charge in [0.05, 0.1) is 6.10 Å². The van der Waals surface area contributed by atoms with Gasteiger partial charge >= 0.3 is 0 Å². The molecular formula is C16H26O2. The molecule has 0 amide bonds. The van der Waals surface area contributed by atoms with Crippen molar-refractivity contribution in [3.05, 3.63) is 29.8 Å². The highest BCUT2D eigenvalue weighted by Crippen LogP contribution is 2.21. The third-order valence-corrected chi connectivity index (χ3v) is 3.25. The van der Waals surface area contributed by atoms with E-state index in [4.69, 9.17) is 4.74 Å². The first-order valence-corrected chi connectivity index (χ1v) is 7.03. The van der Waals surface area contributed by atoms with Crippen molar-refractivity contribution in [2.24, 2.45) is 0 Å². The Morgan fingerprint density at radius 1 is 1.11 bits per heavy atom. The fraction of sp³-hybridized carbons (Fsp3) is 0.625. The van der Waals surface area contributed by atoms with Crippen LogP contribution < -0.4 is 4.74 Å². The molecule has 102 valence electrons. The fourth-order valence-electron chi connectivity index (χ4n) is 2.02. The van der Waals surface area contributed by atoms with E-state index in [1.165, 1.54) is 5.56 Å². The second-order valence-electron chi connectivity index (χ2n) is 5.14. The molecule has 2 nitrogen and oxygen atoms in total. The molecular weight excluding hydrogens is 224 g/mol. The van der Waals surface area contributed by atoms with E-state index in [1.54, 1.807) is 0 Å². The minimum atomic E-state index is -0.371. The molecule has 0 fully saturated rings. The summed E-state index contributed by atoms with van der Waals surface area (Å²) in [7, 11) is 0. The molecule has 1 N–H and O–H groups in total. The van der Waals surface area contributed by atoms with Crippen molar-refractivity contribution in [2.75, 3.05) is 0 Å². The van der Waals surface area contributed by atoms with Crippen molar-refractivity contribution in [3.8, 4) is 5.75 Å². The zero-order valence-corrected chi connectivity index (χ0v) is 12.0. The molecule has 0 bridgehead atoms. The van der Waals surface area contributed by atoms with E-state index in [-0.39, 0.29) is 12.2 Å². The van der Waals surface area contributed by atoms with Crippen molar-refractivity contribution < 1.29 is 9.84 Å². The maximum atomic E-state index is 9.99. The zero-order valence-electron chi connectivity index (χ0n) is 12.0. The summed E-state index contributed by atoms with van der Waals surface area (Å²) in [5.74, 6) is 1.38. The van der Waals surface area contributed by atoms with Crippen molar-refractivity contribution in [1.82, 2.24) is 0 Å². The molecule has 1 rings (SSSR count). The molecule has 0 saturated carbocycles. The van der Waals surface area contributed by atoms with E-state index in [0.29, 0.717) is 5.92 Å². The Kier molecular flexibility index (Phi) is 6.20. The number of aliphatic hydroxyl groups is 1. The molecule has 0 saturated heterocycles. The van der Waals surface area contributed by atoms with Crippen LogP contribution in [0.15, 0.2) is 24.3 Å². The predicted molar refractivity (Wildman–Crippen MR) is 76.2 cm³/mol. The lowest BCUT2D eigenvalue weighted by molar-refractivity contribution is 0.0284. The first kappa shape index (κ1) is 15.0. The average molecular weight is 250 g/mol. The second kappa shape index (κ2) is 7.42. The third-order valence-electron chi connectivity index (χ3n) is 3.25. The quantitative estimate of drug-likeness (QED) is 0.788. The largest absolute Gasteiger partial charge is 0.488 e. The molecule has 0 aliphatic rings. The van der Waals surface area contributed by atoms with Gasteiger partial charge in [-0.1, -0.05) is 46.2 Å². The van der Waals surface area contributed by atoms with E-state index in [9.17, 15) is 5.11 Å². The Morgan fingerprint density at radius 3 is 2.17 bits per heavy atom. The van der Waals surface area contributed by atoms with E-state index in [0.717, 1.165) is 25.0 Å². The minimum Gasteiger partial charge on any atom is -0.488 e. The maximum Gasteiger partial charge on any atom is 0.124 e. The van der Waals surface area contributed by atoms with E-state index in [1.807, 2.05) is 19.1 Å². The van der Waals surface area contributed by atoms with Crippen LogP contribution in [0.2, 0.25) is 0 Å². The number of hydrogen-bond acceptors (Lipinski definition) is 2. The second-order valence-corrected chi connectivity index (χ2v) is 5.14. The monoisotopic (exact) mass is 250 g/mol. The molecule has 2 atom stereocenters. The summed E-state index contributed by atoms with van der Waals surface area (Å²) in [6.07, 6.45) is 2.13. The molecule has 2 unspecified atom stereocenters. The Labute approximate surface area is 111 Å². The summed E-state index contributed by atoms with van der Waals surface area (Å²) in [5, 5.41) is 9.99. The van der Waals surface area contributed by atoms with Crippen LogP contribution in [0.25, 0.3) is 0 Å². The number of ether oxygens (including phenoxy) is 1. The Hall–Kier alpha value is -1.02. The molecule has 1 aromatic rings. The molecule has 0 aliphatic carbocycles. The van der Waals surface area contributed by atoms with Gasteiger partial charge in [-0.3, -0.25) is 0 Å². The van der Waals surface area contributed by atoms with Crippen molar-refractivity contribution in [1.29, 1.82) is 0 Å². The third kappa shape index (κ3) is 4.34. The van der Waals surface area contributed by atoms with Gasteiger partial charge in [0.25, 0.3) is 0 Å². The molecule has 18 heavy (non-hydrogen) atoms. The van der Waals surface area contributed by atoms with Crippen LogP contribution >= 0.6 is 0 Å². The van der Waals surface area contributed by atoms with Crippen LogP contribution in [0.1, 0.15) is 58.4 Å². The molecule has 0 heterocycles. The predicted octanol–water partition coefficient (Wildman–Crippen LogP) is 4.13. The summed E-state index contributed by atoms with van der Waals surface area (Å²) in [6.45, 7) is 8.48. The van der Waals surface area contributed by atoms with Crippen molar-refractivity contribution in [2.45, 2.75) is 65.1 Å². The van der Waals surface area contributed by atoms with Crippen LogP contribution in [0.5, 0.6) is 5.75 Å². The van der Waals surface area contributed by atoms with Crippen LogP contribution in [0.3, 0.4) is 0 Å². The zero-order chi connectivity index (χ0) is 13.5. The van der Waals surface area contributed by atoms with Gasteiger partial charge in [-0.25, -0.2) is 0 Å². The lowest BCUT2D eigenvalue weighted by Crippen LogP contribution is -2.30. The van der Waals surface area contributed by atoms with Gasteiger partial charge in [0, 0.05) is 0 Å². The highest BCUT2D eigenvalue weighted by molar-refractivity contribution is 5.29. The molecule has 0 aliphatic heterocycles. The Morgan fingerprint density at radius 2 is 1.72 bits per heavy atom. The molecule has 1 aromatic carbocycles. The van der Waals surface area contributed by atoms with Gasteiger partial charge in [0.15, 0.2) is 0 Å². The summed E-state index contributed by atoms with van der Waals surface area (Å²) in [5.41, 5.74) is 1.31. The van der Waals surface area contributed by atoms with Crippen LogP contribution in [0.4, 0.5) is 0 Å². The summed E-state index contributed by atoms with van der Waals surface area (Å²) in [6, 6.07) is 8.19. The van der Waals surface area contributed by atoms with Crippen molar-refractivity contribution >= 4 is 0 Å². The van der Waals surface area contributed by atoms with Gasteiger partial charge in [-0.05, 0) is 36.5 Å². The molecule has 0 aromatic heterocycles. The van der Waals surface area contributed by atoms with Gasteiger partial charge in [-0.2, -0.15) is 0 Å². The number of rotatable bonds is 7. The lowest BCUT2D eigenvalue weighted by atomic mass is 10.0. The molecule has 0 radical (unpaired) electrons. The molecule has 0 spiro atoms. The van der Waals surface area contributed by atoms with Crippen LogP contribution in [-0.2, 0) is 0 Å². The minimum absolute atomic E-state index is 0.102. The van der Waals surface area contributed by atoms with Gasteiger partial charge in [0.2, 0.25) is 0 Å². The smallest absolute Gasteiger partial charge is 0.124 e. The van der Waals surface area contributed by atoms with E-state index in [2.05, 4.69) is 32.9 Å². The van der Waals surface area contributed by atoms with E-state index >= 15 is 0 Å². The summed E-state index contributed by atoms with van der Waals surface area (Å²) < 4.78 is 5.86. The molecule has 2 heteroatoms. The first-order chi connectivity index (χ1) is 8.58. The number of hydrogen-bond donors (Lipinski definition) is 1. The van der Waals surface area contributed by atoms with Gasteiger partial charge < -0.3 is 9.84 Å². The first-order valence-electron chi connectivity index (χ1n) is 7.03. The van der Waals surface area contributed by atoms with E-state index < -0.39 is 0 Å². The SMILES string of the molecule is CCCC(O)C(CC)Oc1ccc(C(C)C)cc1. The normalized spacial score (nSPS) is 14.6. The number of benzene rings is 1. The highest BCUT2D eigenvalue weighted by Gasteiger charge is 2.18. The van der Waals surface area contributed by atoms with Crippen LogP contribution in [-0.4, -0.2) is 17.3 Å². The Bertz CT molecular complexity index is 329. The van der Waals surface area contributed by atoms with Crippen molar-refractivity contribution in [3.63, 3.8) is 0 Å². The summed E-state index contributed by atoms with van der Waals surface area (Å²) in [4.78, 5) is 0. The van der Waals surface area contributed by atoms with Gasteiger partial charge in [-0.15, -0.1) is 0 Å². The number of aliphatic hydroxyl groups excluding tert-OH is 1. The standard InChI is InChI=1S/C16H26O2/c1-5-7-15(17)16(6-2)18-14-10-8-13(9-11-14)12(3)4/h8-12,15-17H,5-7H2,1-4H3. The van der Waals surface area contributed by atoms with Gasteiger partial charge in [0.1, 0.15) is 11.9 Å². The highest BCUT2D eigenvalue weighted by atomic mass is 16.5. The maximum absolute atomic E-state index is 9.99. The Balaban J connectivity index is 2.64. The average Bonchev–Trinajstić information content (AvgIpc) is 2.36. The lowest BCUT2D eigenvalue weighted by Gasteiger charge is -2.23. The summed E-state index contributed by atoms with van der Waals surface area (Å²) >= 11 is 0. The topological polar surface area (TPSA) is 29.5 Å².